The van der Waals surface area contributed by atoms with Gasteiger partial charge in [0.05, 0.1) is 24.4 Å². The van der Waals surface area contributed by atoms with E-state index in [1.807, 2.05) is 27.7 Å². The fourth-order valence-corrected chi connectivity index (χ4v) is 9.72. The third kappa shape index (κ3) is 12.2. The summed E-state index contributed by atoms with van der Waals surface area (Å²) in [5.74, 6) is -6.83. The number of Topliss-reactive ketones (excluding diaryl/α,β-unsaturated/α-hetero) is 1. The number of rotatable bonds is 10. The molecule has 0 radical (unpaired) electrons. The summed E-state index contributed by atoms with van der Waals surface area (Å²) in [7, 11) is 4.69. The highest BCUT2D eigenvalue weighted by Gasteiger charge is 2.56. The number of esters is 1. The van der Waals surface area contributed by atoms with E-state index in [1.165, 1.54) is 4.90 Å². The maximum atomic E-state index is 14.6. The number of carbonyl (C=O) groups excluding carboxylic acids is 3. The molecule has 3 fully saturated rings. The molecule has 4 aliphatic rings. The average Bonchev–Trinajstić information content (AvgIpc) is 3.23. The van der Waals surface area contributed by atoms with Crippen molar-refractivity contribution in [2.75, 3.05) is 34.5 Å². The van der Waals surface area contributed by atoms with E-state index in [1.54, 1.807) is 34.3 Å². The molecule has 340 valence electrons. The number of aliphatic hydroxyl groups excluding tert-OH is 1. The molecule has 14 heteroatoms. The van der Waals surface area contributed by atoms with Gasteiger partial charge in [-0.3, -0.25) is 9.59 Å². The molecule has 0 aromatic carbocycles. The molecule has 3 heterocycles. The number of nitrogens with one attached hydrogen (secondary N) is 1. The van der Waals surface area contributed by atoms with Crippen LogP contribution in [0.1, 0.15) is 112 Å². The van der Waals surface area contributed by atoms with Gasteiger partial charge in [0.2, 0.25) is 5.79 Å². The second kappa shape index (κ2) is 23.0. The number of allylic oxidation sites excluding steroid dienone is 3. The van der Waals surface area contributed by atoms with Crippen molar-refractivity contribution in [1.82, 2.24) is 4.90 Å². The Morgan fingerprint density at radius 1 is 0.983 bits per heavy atom. The molecule has 0 aromatic rings. The third-order valence-corrected chi connectivity index (χ3v) is 13.3. The minimum atomic E-state index is -2.49. The third-order valence-electron chi connectivity index (χ3n) is 13.3. The van der Waals surface area contributed by atoms with Crippen molar-refractivity contribution in [2.45, 2.75) is 167 Å². The van der Waals surface area contributed by atoms with Crippen molar-refractivity contribution in [3.05, 3.63) is 36.0 Å². The van der Waals surface area contributed by atoms with Crippen LogP contribution in [-0.2, 0) is 47.8 Å². The van der Waals surface area contributed by atoms with Gasteiger partial charge < -0.3 is 44.2 Å². The van der Waals surface area contributed by atoms with E-state index in [4.69, 9.17) is 33.5 Å². The van der Waals surface area contributed by atoms with Gasteiger partial charge in [0.25, 0.3) is 11.7 Å². The molecule has 0 spiro atoms. The molecule has 3 aliphatic heterocycles. The van der Waals surface area contributed by atoms with Crippen LogP contribution in [0.4, 0.5) is 0 Å². The van der Waals surface area contributed by atoms with Crippen LogP contribution in [0.3, 0.4) is 0 Å². The molecule has 14 atom stereocenters. The number of carbonyl (C=O) groups is 3. The largest absolute Gasteiger partial charge is 0.456 e. The van der Waals surface area contributed by atoms with Gasteiger partial charge in [-0.1, -0.05) is 51.5 Å². The molecule has 1 amide bonds. The van der Waals surface area contributed by atoms with E-state index in [0.29, 0.717) is 57.1 Å². The summed E-state index contributed by atoms with van der Waals surface area (Å²) in [6, 6.07) is -1.11. The molecule has 60 heavy (non-hydrogen) atoms. The normalized spacial score (nSPS) is 39.5. The topological polar surface area (TPSA) is 183 Å². The maximum absolute atomic E-state index is 14.6. The molecule has 0 aromatic heterocycles. The van der Waals surface area contributed by atoms with Gasteiger partial charge in [0, 0.05) is 57.8 Å². The van der Waals surface area contributed by atoms with E-state index in [2.05, 4.69) is 25.7 Å². The van der Waals surface area contributed by atoms with Gasteiger partial charge in [-0.15, -0.1) is 6.58 Å². The fourth-order valence-electron chi connectivity index (χ4n) is 9.72. The van der Waals surface area contributed by atoms with Gasteiger partial charge in [0.1, 0.15) is 31.0 Å². The lowest BCUT2D eigenvalue weighted by atomic mass is 9.81. The highest BCUT2D eigenvalue weighted by atomic mass is 17.2. The van der Waals surface area contributed by atoms with Crippen LogP contribution < -0.4 is 0 Å². The van der Waals surface area contributed by atoms with Crippen LogP contribution in [0, 0.1) is 35.0 Å². The van der Waals surface area contributed by atoms with Crippen molar-refractivity contribution in [1.29, 1.82) is 5.41 Å². The zero-order valence-electron chi connectivity index (χ0n) is 37.6. The van der Waals surface area contributed by atoms with Crippen molar-refractivity contribution in [2.24, 2.45) is 29.6 Å². The van der Waals surface area contributed by atoms with Gasteiger partial charge in [0.15, 0.2) is 0 Å². The number of hydrogen-bond donors (Lipinski definition) is 3. The number of nitrogens with zero attached hydrogens (tertiary/aromatic N) is 1. The quantitative estimate of drug-likeness (QED) is 0.0578. The number of ether oxygens (including phenoxy) is 5. The van der Waals surface area contributed by atoms with Crippen LogP contribution >= 0.6 is 0 Å². The molecular formula is C46H74N2O12. The Hall–Kier alpha value is -2.82. The highest BCUT2D eigenvalue weighted by molar-refractivity contribution is 6.39. The van der Waals surface area contributed by atoms with E-state index < -0.39 is 77.9 Å². The first-order valence-corrected chi connectivity index (χ1v) is 22.1. The summed E-state index contributed by atoms with van der Waals surface area (Å²) in [6.45, 7) is 15.6. The number of methoxy groups -OCH3 is 3. The summed E-state index contributed by atoms with van der Waals surface area (Å²) in [5.41, 5.74) is 2.26. The van der Waals surface area contributed by atoms with Crippen LogP contribution in [0.15, 0.2) is 36.0 Å². The van der Waals surface area contributed by atoms with Crippen molar-refractivity contribution in [3.8, 4) is 0 Å². The lowest BCUT2D eigenvalue weighted by molar-refractivity contribution is -0.327. The second-order valence-corrected chi connectivity index (χ2v) is 17.9. The Labute approximate surface area is 357 Å². The van der Waals surface area contributed by atoms with Crippen molar-refractivity contribution >= 4 is 23.4 Å². The van der Waals surface area contributed by atoms with Gasteiger partial charge >= 0.3 is 5.97 Å². The maximum Gasteiger partial charge on any atom is 0.329 e. The summed E-state index contributed by atoms with van der Waals surface area (Å²) < 4.78 is 30.2. The van der Waals surface area contributed by atoms with Crippen molar-refractivity contribution in [3.63, 3.8) is 0 Å². The molecule has 1 saturated carbocycles. The predicted molar refractivity (Wildman–Crippen MR) is 226 cm³/mol. The minimum Gasteiger partial charge on any atom is -0.456 e. The number of hydrogen-bond acceptors (Lipinski definition) is 13. The number of aliphatic hydroxyl groups is 2. The Kier molecular flexibility index (Phi) is 19.1. The number of piperidine rings is 1. The van der Waals surface area contributed by atoms with Crippen LogP contribution in [0.2, 0.25) is 0 Å². The van der Waals surface area contributed by atoms with Gasteiger partial charge in [-0.25, -0.2) is 14.6 Å². The van der Waals surface area contributed by atoms with E-state index in [9.17, 15) is 30.0 Å². The van der Waals surface area contributed by atoms with E-state index in [-0.39, 0.29) is 56.3 Å². The zero-order valence-corrected chi connectivity index (χ0v) is 37.6. The Morgan fingerprint density at radius 2 is 1.67 bits per heavy atom. The Bertz CT molecular complexity index is 1530. The molecule has 0 unspecified atom stereocenters. The Balaban J connectivity index is 1.82. The van der Waals surface area contributed by atoms with Crippen molar-refractivity contribution < 1.29 is 58.1 Å². The van der Waals surface area contributed by atoms with Gasteiger partial charge in [-0.2, -0.15) is 0 Å². The fraction of sp³-hybridized carbons (Fsp3) is 0.783. The molecule has 3 N–H and O–H groups in total. The Morgan fingerprint density at radius 3 is 2.32 bits per heavy atom. The second-order valence-electron chi connectivity index (χ2n) is 17.9. The standard InChI is InChI=1S/C46H74N2O12/c1-11-19-57-60-37-26-34(47)33(12-2)21-27(3)20-28(4)22-39(55-9)42-40(56-10)24-30(6)46(53,59-42)43(50)44(51)48-18-14-13-15-35(48)45(52)58-41(31(37)7)29(5)23-32-16-17-36(49)38(25-32)54-8/h11,21,23,28,30-33,35-42,47,49,53H,1,12-20,22,24-26H2,2-10H3/b27-21+,29-23+,47-34?/t28-,30+,31+,32-,33+,35-,36+,37-,38+,39-,40-,41+,42+,46+/m0/s1. The summed E-state index contributed by atoms with van der Waals surface area (Å²) in [6.07, 6.45) is 6.74. The van der Waals surface area contributed by atoms with Crippen LogP contribution in [0.25, 0.3) is 0 Å². The molecule has 2 bridgehead atoms. The average molecular weight is 847 g/mol. The first-order chi connectivity index (χ1) is 28.5. The molecule has 1 aliphatic carbocycles. The van der Waals surface area contributed by atoms with E-state index >= 15 is 0 Å². The monoisotopic (exact) mass is 847 g/mol. The molecule has 14 nitrogen and oxygen atoms in total. The number of cyclic esters (lactones) is 1. The summed E-state index contributed by atoms with van der Waals surface area (Å²) in [4.78, 5) is 56.1. The van der Waals surface area contributed by atoms with Crippen LogP contribution in [-0.4, -0.2) is 128 Å². The first kappa shape index (κ1) is 49.8. The molecule has 4 rings (SSSR count). The minimum absolute atomic E-state index is 0.0203. The molecule has 2 saturated heterocycles. The number of ketones is 1. The lowest BCUT2D eigenvalue weighted by Gasteiger charge is -2.47. The predicted octanol–water partition coefficient (Wildman–Crippen LogP) is 6.07. The molecular weight excluding hydrogens is 773 g/mol. The highest BCUT2D eigenvalue weighted by Crippen LogP contribution is 2.39. The number of amides is 1. The van der Waals surface area contributed by atoms with Crippen LogP contribution in [0.5, 0.6) is 0 Å². The summed E-state index contributed by atoms with van der Waals surface area (Å²) >= 11 is 0. The SMILES string of the molecule is C=CCOO[C@H]1CC(=N)[C@H](CC)/C=C(\C)C[C@H](C)C[C@H](OC)[C@H]2O[C@@](O)(C(=O)C(=O)N3CCCC[C@H]3C(=O)O[C@H](/C(C)=C/[C@@H]3CC[C@@H](O)[C@H](OC)C3)[C@@H]1C)[C@H](C)C[C@@H]2OC. The number of fused-ring (bicyclic) bond motifs is 3. The first-order valence-electron chi connectivity index (χ1n) is 22.1. The smallest absolute Gasteiger partial charge is 0.329 e. The lowest BCUT2D eigenvalue weighted by Crippen LogP contribution is -2.64. The van der Waals surface area contributed by atoms with E-state index in [0.717, 1.165) is 11.1 Å². The zero-order chi connectivity index (χ0) is 44.3. The van der Waals surface area contributed by atoms with Gasteiger partial charge in [-0.05, 0) is 95.5 Å². The summed E-state index contributed by atoms with van der Waals surface area (Å²) in [5, 5.41) is 32.0.